The zero-order valence-corrected chi connectivity index (χ0v) is 22.3. The Balaban J connectivity index is 0.000000482. The Morgan fingerprint density at radius 3 is 1.45 bits per heavy atom. The number of hydrogen-bond acceptors (Lipinski definition) is 5. The summed E-state index contributed by atoms with van der Waals surface area (Å²) in [7, 11) is 0. The van der Waals surface area contributed by atoms with E-state index in [-0.39, 0.29) is 0 Å². The van der Waals surface area contributed by atoms with E-state index in [1.165, 1.54) is 5.56 Å². The van der Waals surface area contributed by atoms with Gasteiger partial charge in [-0.1, -0.05) is 84.9 Å². The normalized spacial score (nSPS) is 12.1. The van der Waals surface area contributed by atoms with Crippen molar-refractivity contribution in [2.24, 2.45) is 5.73 Å². The Morgan fingerprint density at radius 1 is 0.650 bits per heavy atom. The highest BCUT2D eigenvalue weighted by molar-refractivity contribution is 5.89. The van der Waals surface area contributed by atoms with Crippen LogP contribution in [0, 0.1) is 0 Å². The van der Waals surface area contributed by atoms with Crippen LogP contribution >= 0.6 is 0 Å². The van der Waals surface area contributed by atoms with Crippen molar-refractivity contribution in [1.29, 1.82) is 0 Å². The number of carboxylic acid groups (broad SMARTS) is 2. The van der Waals surface area contributed by atoms with Gasteiger partial charge in [0.05, 0.1) is 0 Å². The van der Waals surface area contributed by atoms with Crippen molar-refractivity contribution in [2.75, 3.05) is 0 Å². The maximum Gasteiger partial charge on any atom is 0.328 e. The van der Waals surface area contributed by atoms with E-state index in [4.69, 9.17) is 25.4 Å². The molecule has 4 aromatic carbocycles. The zero-order chi connectivity index (χ0) is 28.8. The lowest BCUT2D eigenvalue weighted by atomic mass is 9.86. The molecule has 4 aromatic rings. The standard InChI is InChI=1S/C29H29NO2.C4H4O4/c1-29(30,26-14-18-28(19-15-26)32-22-25-10-6-3-7-11-25)20-23-12-16-27(17-13-23)31-21-24-8-4-2-5-9-24;5-3(6)1-2-4(7)8/h2-19H,20-22,30H2,1H3;1-2H,(H,5,6)(H,7,8)/b;2-1+. The Bertz CT molecular complexity index is 1350. The van der Waals surface area contributed by atoms with E-state index in [1.807, 2.05) is 60.7 Å². The van der Waals surface area contributed by atoms with E-state index in [1.54, 1.807) is 0 Å². The summed E-state index contributed by atoms with van der Waals surface area (Å²) in [4.78, 5) is 19.1. The van der Waals surface area contributed by atoms with Crippen LogP contribution in [0.4, 0.5) is 0 Å². The van der Waals surface area contributed by atoms with Crippen LogP contribution in [0.15, 0.2) is 121 Å². The molecular formula is C33H33NO6. The minimum absolute atomic E-state index is 0.482. The van der Waals surface area contributed by atoms with E-state index in [0.29, 0.717) is 25.4 Å². The van der Waals surface area contributed by atoms with Gasteiger partial charge in [0.15, 0.2) is 0 Å². The molecule has 4 rings (SSSR count). The first kappa shape index (κ1) is 29.7. The minimum atomic E-state index is -1.26. The maximum absolute atomic E-state index is 9.55. The summed E-state index contributed by atoms with van der Waals surface area (Å²) < 4.78 is 11.8. The number of hydrogen-bond donors (Lipinski definition) is 3. The highest BCUT2D eigenvalue weighted by atomic mass is 16.5. The number of rotatable bonds is 11. The number of nitrogens with two attached hydrogens (primary N) is 1. The number of carboxylic acids is 2. The predicted molar refractivity (Wildman–Crippen MR) is 154 cm³/mol. The third-order valence-corrected chi connectivity index (χ3v) is 5.87. The first-order chi connectivity index (χ1) is 19.2. The zero-order valence-electron chi connectivity index (χ0n) is 22.3. The van der Waals surface area contributed by atoms with Gasteiger partial charge in [0.2, 0.25) is 0 Å². The molecular weight excluding hydrogens is 506 g/mol. The van der Waals surface area contributed by atoms with Crippen LogP contribution in [0.3, 0.4) is 0 Å². The molecule has 0 spiro atoms. The summed E-state index contributed by atoms with van der Waals surface area (Å²) in [5.41, 5.74) is 10.8. The molecule has 7 nitrogen and oxygen atoms in total. The van der Waals surface area contributed by atoms with Gasteiger partial charge in [-0.05, 0) is 59.9 Å². The van der Waals surface area contributed by atoms with Crippen molar-refractivity contribution >= 4 is 11.9 Å². The summed E-state index contributed by atoms with van der Waals surface area (Å²) in [6.45, 7) is 3.18. The Morgan fingerprint density at radius 2 is 1.05 bits per heavy atom. The van der Waals surface area contributed by atoms with Crippen molar-refractivity contribution in [2.45, 2.75) is 32.1 Å². The lowest BCUT2D eigenvalue weighted by Crippen LogP contribution is -2.35. The van der Waals surface area contributed by atoms with Crippen molar-refractivity contribution in [1.82, 2.24) is 0 Å². The molecule has 0 amide bonds. The quantitative estimate of drug-likeness (QED) is 0.201. The molecule has 0 radical (unpaired) electrons. The average Bonchev–Trinajstić information content (AvgIpc) is 2.96. The highest BCUT2D eigenvalue weighted by Crippen LogP contribution is 2.26. The largest absolute Gasteiger partial charge is 0.489 e. The fourth-order valence-electron chi connectivity index (χ4n) is 3.79. The molecule has 4 N–H and O–H groups in total. The molecule has 0 aromatic heterocycles. The van der Waals surface area contributed by atoms with Gasteiger partial charge < -0.3 is 25.4 Å². The molecule has 1 unspecified atom stereocenters. The lowest BCUT2D eigenvalue weighted by molar-refractivity contribution is -0.134. The second kappa shape index (κ2) is 14.9. The van der Waals surface area contributed by atoms with E-state index < -0.39 is 17.5 Å². The first-order valence-corrected chi connectivity index (χ1v) is 12.7. The summed E-state index contributed by atoms with van der Waals surface area (Å²) in [5.74, 6) is -0.815. The van der Waals surface area contributed by atoms with Crippen molar-refractivity contribution in [3.63, 3.8) is 0 Å². The van der Waals surface area contributed by atoms with Crippen molar-refractivity contribution in [3.8, 4) is 11.5 Å². The summed E-state index contributed by atoms with van der Waals surface area (Å²) in [6, 6.07) is 36.6. The minimum Gasteiger partial charge on any atom is -0.489 e. The predicted octanol–water partition coefficient (Wildman–Crippen LogP) is 5.97. The molecule has 0 saturated carbocycles. The van der Waals surface area contributed by atoms with Gasteiger partial charge in [0.1, 0.15) is 24.7 Å². The fraction of sp³-hybridized carbons (Fsp3) is 0.152. The number of benzene rings is 4. The van der Waals surface area contributed by atoms with Crippen LogP contribution in [0.2, 0.25) is 0 Å². The van der Waals surface area contributed by atoms with Crippen LogP contribution in [0.25, 0.3) is 0 Å². The number of aliphatic carboxylic acids is 2. The van der Waals surface area contributed by atoms with Crippen LogP contribution in [0.5, 0.6) is 11.5 Å². The van der Waals surface area contributed by atoms with Crippen LogP contribution in [-0.4, -0.2) is 22.2 Å². The van der Waals surface area contributed by atoms with Crippen LogP contribution < -0.4 is 15.2 Å². The third-order valence-electron chi connectivity index (χ3n) is 5.87. The maximum atomic E-state index is 9.55. The summed E-state index contributed by atoms with van der Waals surface area (Å²) >= 11 is 0. The van der Waals surface area contributed by atoms with Gasteiger partial charge in [0.25, 0.3) is 0 Å². The summed E-state index contributed by atoms with van der Waals surface area (Å²) in [5, 5.41) is 15.6. The molecule has 0 saturated heterocycles. The lowest BCUT2D eigenvalue weighted by Gasteiger charge is -2.26. The number of ether oxygens (including phenoxy) is 2. The Labute approximate surface area is 234 Å². The first-order valence-electron chi connectivity index (χ1n) is 12.7. The van der Waals surface area contributed by atoms with Gasteiger partial charge in [-0.2, -0.15) is 0 Å². The molecule has 206 valence electrons. The van der Waals surface area contributed by atoms with E-state index in [2.05, 4.69) is 55.5 Å². The molecule has 0 heterocycles. The molecule has 0 aliphatic heterocycles. The van der Waals surface area contributed by atoms with Gasteiger partial charge in [-0.25, -0.2) is 9.59 Å². The fourth-order valence-corrected chi connectivity index (χ4v) is 3.79. The van der Waals surface area contributed by atoms with Gasteiger partial charge in [-0.3, -0.25) is 0 Å². The topological polar surface area (TPSA) is 119 Å². The highest BCUT2D eigenvalue weighted by Gasteiger charge is 2.22. The Hall–Kier alpha value is -4.88. The van der Waals surface area contributed by atoms with Gasteiger partial charge >= 0.3 is 11.9 Å². The smallest absolute Gasteiger partial charge is 0.328 e. The monoisotopic (exact) mass is 539 g/mol. The Kier molecular flexibility index (Phi) is 11.1. The second-order valence-electron chi connectivity index (χ2n) is 9.32. The molecule has 0 aliphatic carbocycles. The summed E-state index contributed by atoms with van der Waals surface area (Å²) in [6.07, 6.45) is 1.85. The molecule has 40 heavy (non-hydrogen) atoms. The van der Waals surface area contributed by atoms with E-state index in [0.717, 1.165) is 34.6 Å². The third kappa shape index (κ3) is 10.5. The molecule has 7 heteroatoms. The second-order valence-corrected chi connectivity index (χ2v) is 9.32. The molecule has 0 aliphatic rings. The van der Waals surface area contributed by atoms with E-state index in [9.17, 15) is 9.59 Å². The average molecular weight is 540 g/mol. The van der Waals surface area contributed by atoms with Crippen molar-refractivity contribution in [3.05, 3.63) is 144 Å². The molecule has 1 atom stereocenters. The molecule has 0 fully saturated rings. The van der Waals surface area contributed by atoms with E-state index >= 15 is 0 Å². The van der Waals surface area contributed by atoms with Gasteiger partial charge in [0, 0.05) is 17.7 Å². The SMILES string of the molecule is CC(N)(Cc1ccc(OCc2ccccc2)cc1)c1ccc(OCc2ccccc2)cc1.O=C(O)/C=C/C(=O)O. The number of carbonyl (C=O) groups is 2. The van der Waals surface area contributed by atoms with Gasteiger partial charge in [-0.15, -0.1) is 0 Å². The van der Waals surface area contributed by atoms with Crippen molar-refractivity contribution < 1.29 is 29.3 Å². The van der Waals surface area contributed by atoms with Crippen LogP contribution in [0.1, 0.15) is 29.2 Å². The van der Waals surface area contributed by atoms with Crippen LogP contribution in [-0.2, 0) is 34.8 Å². The molecule has 0 bridgehead atoms.